The minimum absolute atomic E-state index is 0.0233. The molecule has 2 atom stereocenters. The molecule has 2 aliphatic rings. The Morgan fingerprint density at radius 3 is 2.44 bits per heavy atom. The number of aromatic nitrogens is 1. The molecule has 2 amide bonds. The molecular weight excluding hydrogens is 450 g/mol. The second-order valence-electron chi connectivity index (χ2n) is 10.0. The van der Waals surface area contributed by atoms with Gasteiger partial charge in [0.05, 0.1) is 12.0 Å². The highest BCUT2D eigenvalue weighted by Gasteiger charge is 2.43. The van der Waals surface area contributed by atoms with Crippen molar-refractivity contribution in [3.05, 3.63) is 71.4 Å². The fraction of sp³-hybridized carbons (Fsp3) is 0.448. The molecule has 190 valence electrons. The molecule has 0 bridgehead atoms. The number of para-hydroxylation sites is 1. The van der Waals surface area contributed by atoms with Gasteiger partial charge in [0.25, 0.3) is 5.91 Å². The van der Waals surface area contributed by atoms with E-state index in [2.05, 4.69) is 33.1 Å². The minimum Gasteiger partial charge on any atom is -0.361 e. The molecule has 3 aromatic rings. The molecule has 36 heavy (non-hydrogen) atoms. The standard InChI is InChI=1S/C29H37N5O2/c1-3-14-33-16-18-34(19-17-33)15-8-13-30-28(35)26-22-10-4-5-11-23(22)29(36)32(2)27(26)24-20-31-25-12-7-6-9-21(24)25/h4-7,9-12,20,26-27,31H,3,8,13-19H2,1-2H3,(H,30,35). The largest absolute Gasteiger partial charge is 0.361 e. The number of carbonyl (C=O) groups is 2. The SMILES string of the molecule is CCCN1CCN(CCCNC(=O)C2c3ccccc3C(=O)N(C)C2c2c[nH]c3ccccc23)CC1. The molecule has 7 heteroatoms. The van der Waals surface area contributed by atoms with Crippen molar-refractivity contribution in [3.8, 4) is 0 Å². The third-order valence-electron chi connectivity index (χ3n) is 7.76. The number of amides is 2. The number of rotatable bonds is 8. The predicted molar refractivity (Wildman–Crippen MR) is 143 cm³/mol. The number of likely N-dealkylation sites (N-methyl/N-ethyl adjacent to an activating group) is 1. The summed E-state index contributed by atoms with van der Waals surface area (Å²) in [7, 11) is 1.81. The number of nitrogens with one attached hydrogen (secondary N) is 2. The number of benzene rings is 2. The summed E-state index contributed by atoms with van der Waals surface area (Å²) in [6.07, 6.45) is 4.07. The van der Waals surface area contributed by atoms with Gasteiger partial charge in [0.2, 0.25) is 5.91 Å². The van der Waals surface area contributed by atoms with Crippen molar-refractivity contribution in [1.29, 1.82) is 0 Å². The van der Waals surface area contributed by atoms with E-state index in [-0.39, 0.29) is 17.9 Å². The summed E-state index contributed by atoms with van der Waals surface area (Å²) in [5.74, 6) is -0.544. The molecule has 2 aliphatic heterocycles. The van der Waals surface area contributed by atoms with Gasteiger partial charge < -0.3 is 25.0 Å². The summed E-state index contributed by atoms with van der Waals surface area (Å²) in [5.41, 5.74) is 3.40. The Hall–Kier alpha value is -3.16. The molecule has 7 nitrogen and oxygen atoms in total. The number of hydrogen-bond acceptors (Lipinski definition) is 4. The Kier molecular flexibility index (Phi) is 7.39. The Morgan fingerprint density at radius 2 is 1.67 bits per heavy atom. The molecule has 2 unspecified atom stereocenters. The molecule has 1 aromatic heterocycles. The van der Waals surface area contributed by atoms with Gasteiger partial charge in [-0.15, -0.1) is 0 Å². The lowest BCUT2D eigenvalue weighted by atomic mass is 9.79. The van der Waals surface area contributed by atoms with Gasteiger partial charge >= 0.3 is 0 Å². The number of aromatic amines is 1. The molecule has 0 saturated carbocycles. The number of carbonyl (C=O) groups excluding carboxylic acids is 2. The van der Waals surface area contributed by atoms with Crippen molar-refractivity contribution in [1.82, 2.24) is 25.0 Å². The van der Waals surface area contributed by atoms with Gasteiger partial charge in [0, 0.05) is 68.0 Å². The average molecular weight is 488 g/mol. The van der Waals surface area contributed by atoms with Crippen LogP contribution in [0.3, 0.4) is 0 Å². The van der Waals surface area contributed by atoms with Crippen LogP contribution in [0.1, 0.15) is 53.2 Å². The van der Waals surface area contributed by atoms with Gasteiger partial charge in [-0.2, -0.15) is 0 Å². The van der Waals surface area contributed by atoms with Crippen LogP contribution in [0.15, 0.2) is 54.7 Å². The molecule has 3 heterocycles. The van der Waals surface area contributed by atoms with Crippen molar-refractivity contribution in [2.24, 2.45) is 0 Å². The van der Waals surface area contributed by atoms with Crippen LogP contribution in [0.5, 0.6) is 0 Å². The molecule has 1 saturated heterocycles. The maximum Gasteiger partial charge on any atom is 0.254 e. The van der Waals surface area contributed by atoms with E-state index < -0.39 is 5.92 Å². The first kappa shape index (κ1) is 24.5. The summed E-state index contributed by atoms with van der Waals surface area (Å²) in [4.78, 5) is 37.1. The van der Waals surface area contributed by atoms with Crippen molar-refractivity contribution in [2.75, 3.05) is 52.9 Å². The van der Waals surface area contributed by atoms with Crippen LogP contribution in [-0.2, 0) is 4.79 Å². The van der Waals surface area contributed by atoms with E-state index in [1.807, 2.05) is 55.7 Å². The number of piperazine rings is 1. The van der Waals surface area contributed by atoms with E-state index in [0.717, 1.165) is 61.2 Å². The fourth-order valence-corrected chi connectivity index (χ4v) is 5.86. The number of fused-ring (bicyclic) bond motifs is 2. The first-order valence-corrected chi connectivity index (χ1v) is 13.2. The maximum absolute atomic E-state index is 13.7. The average Bonchev–Trinajstić information content (AvgIpc) is 3.33. The molecule has 0 aliphatic carbocycles. The van der Waals surface area contributed by atoms with Crippen LogP contribution >= 0.6 is 0 Å². The van der Waals surface area contributed by atoms with Gasteiger partial charge in [-0.05, 0) is 43.6 Å². The fourth-order valence-electron chi connectivity index (χ4n) is 5.86. The van der Waals surface area contributed by atoms with E-state index in [0.29, 0.717) is 12.1 Å². The Balaban J connectivity index is 1.31. The van der Waals surface area contributed by atoms with E-state index in [4.69, 9.17) is 0 Å². The van der Waals surface area contributed by atoms with Crippen LogP contribution in [-0.4, -0.2) is 84.4 Å². The van der Waals surface area contributed by atoms with Gasteiger partial charge in [-0.1, -0.05) is 43.3 Å². The van der Waals surface area contributed by atoms with Crippen molar-refractivity contribution in [3.63, 3.8) is 0 Å². The van der Waals surface area contributed by atoms with E-state index >= 15 is 0 Å². The Bertz CT molecular complexity index is 1210. The highest BCUT2D eigenvalue weighted by Crippen LogP contribution is 2.44. The normalized spacial score (nSPS) is 21.1. The molecule has 2 N–H and O–H groups in total. The van der Waals surface area contributed by atoms with Gasteiger partial charge in [-0.3, -0.25) is 9.59 Å². The van der Waals surface area contributed by atoms with Crippen LogP contribution in [0.25, 0.3) is 10.9 Å². The second-order valence-corrected chi connectivity index (χ2v) is 10.0. The molecular formula is C29H37N5O2. The van der Waals surface area contributed by atoms with Gasteiger partial charge in [0.1, 0.15) is 0 Å². The zero-order chi connectivity index (χ0) is 25.1. The van der Waals surface area contributed by atoms with Crippen LogP contribution in [0, 0.1) is 0 Å². The first-order chi connectivity index (χ1) is 17.6. The maximum atomic E-state index is 13.7. The lowest BCUT2D eigenvalue weighted by molar-refractivity contribution is -0.124. The van der Waals surface area contributed by atoms with E-state index in [9.17, 15) is 9.59 Å². The zero-order valence-corrected chi connectivity index (χ0v) is 21.4. The molecule has 2 aromatic carbocycles. The smallest absolute Gasteiger partial charge is 0.254 e. The molecule has 0 radical (unpaired) electrons. The minimum atomic E-state index is -0.472. The summed E-state index contributed by atoms with van der Waals surface area (Å²) in [6.45, 7) is 9.49. The summed E-state index contributed by atoms with van der Waals surface area (Å²) in [5, 5.41) is 4.26. The highest BCUT2D eigenvalue weighted by molar-refractivity contribution is 6.02. The summed E-state index contributed by atoms with van der Waals surface area (Å²) in [6, 6.07) is 15.2. The number of hydrogen-bond donors (Lipinski definition) is 2. The van der Waals surface area contributed by atoms with Crippen molar-refractivity contribution in [2.45, 2.75) is 31.7 Å². The first-order valence-electron chi connectivity index (χ1n) is 13.2. The van der Waals surface area contributed by atoms with Crippen LogP contribution in [0.2, 0.25) is 0 Å². The number of nitrogens with zero attached hydrogens (tertiary/aromatic N) is 3. The van der Waals surface area contributed by atoms with Crippen LogP contribution < -0.4 is 5.32 Å². The van der Waals surface area contributed by atoms with E-state index in [1.54, 1.807) is 4.90 Å². The molecule has 0 spiro atoms. The lowest BCUT2D eigenvalue weighted by Crippen LogP contribution is -2.47. The Labute approximate surface area is 213 Å². The lowest BCUT2D eigenvalue weighted by Gasteiger charge is -2.39. The number of H-pyrrole nitrogens is 1. The van der Waals surface area contributed by atoms with Gasteiger partial charge in [0.15, 0.2) is 0 Å². The molecule has 5 rings (SSSR count). The highest BCUT2D eigenvalue weighted by atomic mass is 16.2. The van der Waals surface area contributed by atoms with Crippen molar-refractivity contribution >= 4 is 22.7 Å². The second kappa shape index (κ2) is 10.8. The monoisotopic (exact) mass is 487 g/mol. The van der Waals surface area contributed by atoms with Crippen molar-refractivity contribution < 1.29 is 9.59 Å². The summed E-state index contributed by atoms with van der Waals surface area (Å²) < 4.78 is 0. The topological polar surface area (TPSA) is 71.7 Å². The predicted octanol–water partition coefficient (Wildman–Crippen LogP) is 3.61. The van der Waals surface area contributed by atoms with Crippen LogP contribution in [0.4, 0.5) is 0 Å². The third-order valence-corrected chi connectivity index (χ3v) is 7.76. The van der Waals surface area contributed by atoms with Gasteiger partial charge in [-0.25, -0.2) is 0 Å². The zero-order valence-electron chi connectivity index (χ0n) is 21.4. The third kappa shape index (κ3) is 4.77. The van der Waals surface area contributed by atoms with E-state index in [1.165, 1.54) is 13.0 Å². The quantitative estimate of drug-likeness (QED) is 0.476. The summed E-state index contributed by atoms with van der Waals surface area (Å²) >= 11 is 0. The molecule has 1 fully saturated rings. The Morgan fingerprint density at radius 1 is 0.972 bits per heavy atom.